The molecule has 0 spiro atoms. The second-order valence-corrected chi connectivity index (χ2v) is 7.04. The molecule has 1 saturated carbocycles. The monoisotopic (exact) mass is 317 g/mol. The van der Waals surface area contributed by atoms with Crippen molar-refractivity contribution < 1.29 is 19.4 Å². The number of hydrogen-bond donors (Lipinski definition) is 1. The molecule has 1 heterocycles. The minimum atomic E-state index is -0.729. The van der Waals surface area contributed by atoms with Gasteiger partial charge in [-0.25, -0.2) is 4.79 Å². The summed E-state index contributed by atoms with van der Waals surface area (Å²) in [5.41, 5.74) is 0.464. The number of nitrogens with zero attached hydrogens (tertiary/aromatic N) is 1. The summed E-state index contributed by atoms with van der Waals surface area (Å²) >= 11 is 0. The van der Waals surface area contributed by atoms with Gasteiger partial charge in [-0.15, -0.1) is 0 Å². The SMILES string of the molecule is CC1(C)OC(=O)N(C2CCC(C(=O)O)CC2)[C@H]1c1ccccc1. The van der Waals surface area contributed by atoms with Crippen molar-refractivity contribution in [3.63, 3.8) is 0 Å². The van der Waals surface area contributed by atoms with Gasteiger partial charge in [0, 0.05) is 6.04 Å². The number of hydrogen-bond acceptors (Lipinski definition) is 3. The third kappa shape index (κ3) is 2.92. The highest BCUT2D eigenvalue weighted by Gasteiger charge is 2.51. The van der Waals surface area contributed by atoms with Crippen LogP contribution in [0.1, 0.15) is 51.1 Å². The van der Waals surface area contributed by atoms with Gasteiger partial charge in [-0.05, 0) is 45.1 Å². The lowest BCUT2D eigenvalue weighted by atomic mass is 9.83. The first-order valence-electron chi connectivity index (χ1n) is 8.19. The van der Waals surface area contributed by atoms with Crippen molar-refractivity contribution in [1.29, 1.82) is 0 Å². The summed E-state index contributed by atoms with van der Waals surface area (Å²) in [5, 5.41) is 9.15. The summed E-state index contributed by atoms with van der Waals surface area (Å²) in [4.78, 5) is 25.4. The largest absolute Gasteiger partial charge is 0.481 e. The molecule has 2 aliphatic rings. The maximum atomic E-state index is 12.5. The number of rotatable bonds is 3. The first-order chi connectivity index (χ1) is 10.9. The normalized spacial score (nSPS) is 30.1. The standard InChI is InChI=1S/C18H23NO4/c1-18(2)15(12-6-4-3-5-7-12)19(17(22)23-18)14-10-8-13(9-11-14)16(20)21/h3-7,13-15H,8-11H2,1-2H3,(H,20,21)/t13?,14?,15-/m0/s1. The Morgan fingerprint density at radius 2 is 1.78 bits per heavy atom. The van der Waals surface area contributed by atoms with Crippen LogP contribution in [0.5, 0.6) is 0 Å². The molecule has 3 rings (SSSR count). The number of ether oxygens (including phenoxy) is 1. The van der Waals surface area contributed by atoms with E-state index in [9.17, 15) is 9.59 Å². The molecule has 124 valence electrons. The van der Waals surface area contributed by atoms with Crippen molar-refractivity contribution in [3.05, 3.63) is 35.9 Å². The van der Waals surface area contributed by atoms with E-state index in [1.807, 2.05) is 49.1 Å². The van der Waals surface area contributed by atoms with E-state index < -0.39 is 11.6 Å². The number of benzene rings is 1. The Morgan fingerprint density at radius 3 is 2.35 bits per heavy atom. The second kappa shape index (κ2) is 5.87. The lowest BCUT2D eigenvalue weighted by molar-refractivity contribution is -0.143. The van der Waals surface area contributed by atoms with Crippen LogP contribution in [0.25, 0.3) is 0 Å². The number of cyclic esters (lactones) is 1. The smallest absolute Gasteiger partial charge is 0.411 e. The number of amides is 1. The highest BCUT2D eigenvalue weighted by Crippen LogP contribution is 2.44. The first kappa shape index (κ1) is 15.8. The molecule has 1 N–H and O–H groups in total. The Bertz CT molecular complexity index is 590. The molecule has 0 unspecified atom stereocenters. The van der Waals surface area contributed by atoms with Gasteiger partial charge in [0.15, 0.2) is 0 Å². The zero-order chi connectivity index (χ0) is 16.6. The van der Waals surface area contributed by atoms with Crippen LogP contribution in [0, 0.1) is 5.92 Å². The summed E-state index contributed by atoms with van der Waals surface area (Å²) in [6.45, 7) is 3.87. The van der Waals surface area contributed by atoms with Crippen LogP contribution >= 0.6 is 0 Å². The van der Waals surface area contributed by atoms with Crippen molar-refractivity contribution in [2.45, 2.75) is 57.2 Å². The number of carboxylic acids is 1. The van der Waals surface area contributed by atoms with Crippen molar-refractivity contribution >= 4 is 12.1 Å². The summed E-state index contributed by atoms with van der Waals surface area (Å²) in [6, 6.07) is 9.83. The summed E-state index contributed by atoms with van der Waals surface area (Å²) < 4.78 is 5.63. The molecule has 1 aliphatic carbocycles. The van der Waals surface area contributed by atoms with E-state index in [0.717, 1.165) is 5.56 Å². The molecule has 1 amide bonds. The van der Waals surface area contributed by atoms with Crippen LogP contribution in [0.3, 0.4) is 0 Å². The zero-order valence-corrected chi connectivity index (χ0v) is 13.6. The lowest BCUT2D eigenvalue weighted by Gasteiger charge is -2.37. The van der Waals surface area contributed by atoms with Gasteiger partial charge in [-0.1, -0.05) is 30.3 Å². The average molecular weight is 317 g/mol. The van der Waals surface area contributed by atoms with Gasteiger partial charge in [0.2, 0.25) is 0 Å². The fourth-order valence-electron chi connectivity index (χ4n) is 3.93. The number of carbonyl (C=O) groups excluding carboxylic acids is 1. The maximum Gasteiger partial charge on any atom is 0.411 e. The average Bonchev–Trinajstić information content (AvgIpc) is 2.77. The lowest BCUT2D eigenvalue weighted by Crippen LogP contribution is -2.43. The summed E-state index contributed by atoms with van der Waals surface area (Å²) in [5.74, 6) is -1.01. The molecule has 1 aromatic rings. The molecule has 5 heteroatoms. The fraction of sp³-hybridized carbons (Fsp3) is 0.556. The van der Waals surface area contributed by atoms with E-state index in [4.69, 9.17) is 9.84 Å². The molecule has 0 radical (unpaired) electrons. The Morgan fingerprint density at radius 1 is 1.17 bits per heavy atom. The van der Waals surface area contributed by atoms with Crippen LogP contribution in [0.2, 0.25) is 0 Å². The molecule has 0 bridgehead atoms. The minimum absolute atomic E-state index is 0.0464. The van der Waals surface area contributed by atoms with Crippen LogP contribution in [-0.2, 0) is 9.53 Å². The summed E-state index contributed by atoms with van der Waals surface area (Å²) in [6.07, 6.45) is 2.37. The number of carbonyl (C=O) groups is 2. The van der Waals surface area contributed by atoms with Gasteiger partial charge in [0.1, 0.15) is 5.60 Å². The molecular weight excluding hydrogens is 294 g/mol. The molecule has 1 aromatic carbocycles. The predicted molar refractivity (Wildman–Crippen MR) is 85.0 cm³/mol. The highest BCUT2D eigenvalue weighted by molar-refractivity contribution is 5.73. The van der Waals surface area contributed by atoms with Crippen LogP contribution in [0.4, 0.5) is 4.79 Å². The maximum absolute atomic E-state index is 12.5. The van der Waals surface area contributed by atoms with Gasteiger partial charge in [0.05, 0.1) is 12.0 Å². The number of aliphatic carboxylic acids is 1. The Hall–Kier alpha value is -2.04. The molecule has 5 nitrogen and oxygen atoms in total. The quantitative estimate of drug-likeness (QED) is 0.925. The highest BCUT2D eigenvalue weighted by atomic mass is 16.6. The van der Waals surface area contributed by atoms with Crippen LogP contribution < -0.4 is 0 Å². The fourth-order valence-corrected chi connectivity index (χ4v) is 3.93. The Labute approximate surface area is 136 Å². The van der Waals surface area contributed by atoms with Crippen molar-refractivity contribution in [2.75, 3.05) is 0 Å². The van der Waals surface area contributed by atoms with E-state index >= 15 is 0 Å². The van der Waals surface area contributed by atoms with Crippen molar-refractivity contribution in [3.8, 4) is 0 Å². The predicted octanol–water partition coefficient (Wildman–Crippen LogP) is 3.60. The minimum Gasteiger partial charge on any atom is -0.481 e. The van der Waals surface area contributed by atoms with Crippen LogP contribution in [-0.4, -0.2) is 33.7 Å². The molecule has 1 aliphatic heterocycles. The van der Waals surface area contributed by atoms with E-state index in [1.165, 1.54) is 0 Å². The molecular formula is C18H23NO4. The van der Waals surface area contributed by atoms with Gasteiger partial charge in [0.25, 0.3) is 0 Å². The van der Waals surface area contributed by atoms with Crippen molar-refractivity contribution in [2.24, 2.45) is 5.92 Å². The Balaban J connectivity index is 1.85. The third-order valence-electron chi connectivity index (χ3n) is 5.05. The number of carboxylic acid groups (broad SMARTS) is 1. The second-order valence-electron chi connectivity index (χ2n) is 7.04. The van der Waals surface area contributed by atoms with Gasteiger partial charge < -0.3 is 9.84 Å². The molecule has 2 fully saturated rings. The zero-order valence-electron chi connectivity index (χ0n) is 13.6. The van der Waals surface area contributed by atoms with Crippen LogP contribution in [0.15, 0.2) is 30.3 Å². The first-order valence-corrected chi connectivity index (χ1v) is 8.19. The molecule has 23 heavy (non-hydrogen) atoms. The van der Waals surface area contributed by atoms with E-state index in [2.05, 4.69) is 0 Å². The van der Waals surface area contributed by atoms with E-state index in [1.54, 1.807) is 0 Å². The van der Waals surface area contributed by atoms with Gasteiger partial charge in [-0.2, -0.15) is 0 Å². The van der Waals surface area contributed by atoms with Crippen molar-refractivity contribution in [1.82, 2.24) is 4.90 Å². The van der Waals surface area contributed by atoms with Gasteiger partial charge in [-0.3, -0.25) is 9.69 Å². The molecule has 0 aromatic heterocycles. The topological polar surface area (TPSA) is 66.8 Å². The molecule has 1 saturated heterocycles. The van der Waals surface area contributed by atoms with Gasteiger partial charge >= 0.3 is 12.1 Å². The van der Waals surface area contributed by atoms with E-state index in [-0.39, 0.29) is 24.1 Å². The molecule has 1 atom stereocenters. The van der Waals surface area contributed by atoms with E-state index in [0.29, 0.717) is 25.7 Å². The Kier molecular flexibility index (Phi) is 4.04. The summed E-state index contributed by atoms with van der Waals surface area (Å²) in [7, 11) is 0. The third-order valence-corrected chi connectivity index (χ3v) is 5.05.